The van der Waals surface area contributed by atoms with Gasteiger partial charge in [0.15, 0.2) is 0 Å². The van der Waals surface area contributed by atoms with E-state index in [9.17, 15) is 9.90 Å². The highest BCUT2D eigenvalue weighted by Gasteiger charge is 2.05. The van der Waals surface area contributed by atoms with E-state index in [1.807, 2.05) is 26.8 Å². The van der Waals surface area contributed by atoms with E-state index < -0.39 is 0 Å². The minimum absolute atomic E-state index is 0.0185. The van der Waals surface area contributed by atoms with Crippen LogP contribution in [-0.2, 0) is 4.79 Å². The maximum absolute atomic E-state index is 11.5. The Morgan fingerprint density at radius 2 is 2.07 bits per heavy atom. The average molecular weight is 207 g/mol. The van der Waals surface area contributed by atoms with Crippen LogP contribution in [0.3, 0.4) is 0 Å². The van der Waals surface area contributed by atoms with E-state index in [-0.39, 0.29) is 11.7 Å². The number of phenolic OH excluding ortho intramolecular Hbond substituents is 1. The second kappa shape index (κ2) is 4.82. The molecule has 0 fully saturated rings. The first-order valence-corrected chi connectivity index (χ1v) is 5.08. The van der Waals surface area contributed by atoms with Crippen LogP contribution in [0.15, 0.2) is 18.2 Å². The van der Waals surface area contributed by atoms with Crippen molar-refractivity contribution in [3.8, 4) is 5.75 Å². The van der Waals surface area contributed by atoms with Gasteiger partial charge in [0.05, 0.1) is 0 Å². The molecule has 1 aromatic carbocycles. The molecule has 0 saturated heterocycles. The van der Waals surface area contributed by atoms with Gasteiger partial charge in [-0.3, -0.25) is 4.79 Å². The molecule has 3 nitrogen and oxygen atoms in total. The van der Waals surface area contributed by atoms with Gasteiger partial charge in [-0.2, -0.15) is 0 Å². The van der Waals surface area contributed by atoms with Gasteiger partial charge in [-0.05, 0) is 30.5 Å². The van der Waals surface area contributed by atoms with E-state index in [0.717, 1.165) is 5.56 Å². The summed E-state index contributed by atoms with van der Waals surface area (Å²) >= 11 is 0. The number of hydrogen-bond donors (Lipinski definition) is 2. The molecule has 0 atom stereocenters. The molecule has 0 unspecified atom stereocenters. The van der Waals surface area contributed by atoms with Crippen LogP contribution >= 0.6 is 0 Å². The van der Waals surface area contributed by atoms with Crippen LogP contribution in [-0.4, -0.2) is 11.0 Å². The molecule has 15 heavy (non-hydrogen) atoms. The third kappa shape index (κ3) is 4.02. The van der Waals surface area contributed by atoms with Crippen molar-refractivity contribution < 1.29 is 9.90 Å². The normalized spacial score (nSPS) is 10.4. The Morgan fingerprint density at radius 3 is 2.60 bits per heavy atom. The van der Waals surface area contributed by atoms with Crippen molar-refractivity contribution in [1.82, 2.24) is 0 Å². The van der Waals surface area contributed by atoms with Gasteiger partial charge >= 0.3 is 0 Å². The number of aryl methyl sites for hydroxylation is 1. The third-order valence-corrected chi connectivity index (χ3v) is 1.94. The van der Waals surface area contributed by atoms with E-state index in [1.54, 1.807) is 12.1 Å². The Bertz CT molecular complexity index is 338. The second-order valence-corrected chi connectivity index (χ2v) is 4.20. The summed E-state index contributed by atoms with van der Waals surface area (Å²) in [5.41, 5.74) is 1.58. The summed E-state index contributed by atoms with van der Waals surface area (Å²) in [6.45, 7) is 5.86. The Morgan fingerprint density at radius 1 is 1.40 bits per heavy atom. The highest BCUT2D eigenvalue weighted by molar-refractivity contribution is 5.91. The average Bonchev–Trinajstić information content (AvgIpc) is 1.98. The minimum atomic E-state index is -0.0185. The van der Waals surface area contributed by atoms with Crippen molar-refractivity contribution in [2.24, 2.45) is 5.92 Å². The lowest BCUT2D eigenvalue weighted by atomic mass is 10.1. The Kier molecular flexibility index (Phi) is 3.72. The number of carbonyl (C=O) groups is 1. The number of amides is 1. The zero-order chi connectivity index (χ0) is 11.4. The van der Waals surface area contributed by atoms with Gasteiger partial charge in [0, 0.05) is 18.2 Å². The molecule has 0 bridgehead atoms. The van der Waals surface area contributed by atoms with Crippen molar-refractivity contribution in [3.63, 3.8) is 0 Å². The highest BCUT2D eigenvalue weighted by atomic mass is 16.3. The predicted octanol–water partition coefficient (Wildman–Crippen LogP) is 2.69. The van der Waals surface area contributed by atoms with Crippen LogP contribution in [0.5, 0.6) is 5.75 Å². The van der Waals surface area contributed by atoms with Crippen LogP contribution < -0.4 is 5.32 Å². The zero-order valence-electron chi connectivity index (χ0n) is 9.37. The summed E-state index contributed by atoms with van der Waals surface area (Å²) in [5.74, 6) is 0.494. The number of benzene rings is 1. The molecule has 1 aromatic rings. The van der Waals surface area contributed by atoms with Gasteiger partial charge in [-0.1, -0.05) is 13.8 Å². The van der Waals surface area contributed by atoms with E-state index in [2.05, 4.69) is 5.32 Å². The fourth-order valence-electron chi connectivity index (χ4n) is 1.42. The Hall–Kier alpha value is -1.51. The smallest absolute Gasteiger partial charge is 0.224 e. The lowest BCUT2D eigenvalue weighted by Crippen LogP contribution is -2.13. The first-order valence-electron chi connectivity index (χ1n) is 5.08. The van der Waals surface area contributed by atoms with Gasteiger partial charge < -0.3 is 10.4 Å². The van der Waals surface area contributed by atoms with Crippen LogP contribution in [0, 0.1) is 12.8 Å². The van der Waals surface area contributed by atoms with Gasteiger partial charge in [0.2, 0.25) is 5.91 Å². The molecule has 0 spiro atoms. The van der Waals surface area contributed by atoms with Gasteiger partial charge in [0.25, 0.3) is 0 Å². The molecule has 0 aliphatic carbocycles. The fraction of sp³-hybridized carbons (Fsp3) is 0.417. The number of nitrogens with one attached hydrogen (secondary N) is 1. The molecule has 1 rings (SSSR count). The number of carbonyl (C=O) groups excluding carboxylic acids is 1. The van der Waals surface area contributed by atoms with Crippen molar-refractivity contribution in [2.75, 3.05) is 5.32 Å². The molecule has 82 valence electrons. The third-order valence-electron chi connectivity index (χ3n) is 1.94. The Labute approximate surface area is 90.1 Å². The first kappa shape index (κ1) is 11.6. The summed E-state index contributed by atoms with van der Waals surface area (Å²) in [5, 5.41) is 12.1. The number of anilines is 1. The summed E-state index contributed by atoms with van der Waals surface area (Å²) < 4.78 is 0. The van der Waals surface area contributed by atoms with Crippen LogP contribution in [0.25, 0.3) is 0 Å². The molecular formula is C12H17NO2. The molecule has 1 amide bonds. The van der Waals surface area contributed by atoms with E-state index in [4.69, 9.17) is 0 Å². The number of aromatic hydroxyl groups is 1. The van der Waals surface area contributed by atoms with E-state index >= 15 is 0 Å². The molecule has 0 radical (unpaired) electrons. The number of hydrogen-bond acceptors (Lipinski definition) is 2. The van der Waals surface area contributed by atoms with Crippen molar-refractivity contribution in [2.45, 2.75) is 27.2 Å². The highest BCUT2D eigenvalue weighted by Crippen LogP contribution is 2.19. The summed E-state index contributed by atoms with van der Waals surface area (Å²) in [4.78, 5) is 11.5. The topological polar surface area (TPSA) is 49.3 Å². The van der Waals surface area contributed by atoms with Gasteiger partial charge in [-0.15, -0.1) is 0 Å². The van der Waals surface area contributed by atoms with Gasteiger partial charge in [0.1, 0.15) is 5.75 Å². The largest absolute Gasteiger partial charge is 0.508 e. The van der Waals surface area contributed by atoms with E-state index in [0.29, 0.717) is 18.0 Å². The summed E-state index contributed by atoms with van der Waals surface area (Å²) in [6, 6.07) is 5.03. The van der Waals surface area contributed by atoms with Crippen molar-refractivity contribution in [3.05, 3.63) is 23.8 Å². The molecule has 3 heteroatoms. The maximum Gasteiger partial charge on any atom is 0.224 e. The van der Waals surface area contributed by atoms with Gasteiger partial charge in [-0.25, -0.2) is 0 Å². The molecule has 0 saturated carbocycles. The Balaban J connectivity index is 2.68. The number of phenols is 1. The molecular weight excluding hydrogens is 190 g/mol. The zero-order valence-corrected chi connectivity index (χ0v) is 9.37. The number of rotatable bonds is 3. The fourth-order valence-corrected chi connectivity index (χ4v) is 1.42. The maximum atomic E-state index is 11.5. The van der Waals surface area contributed by atoms with Crippen molar-refractivity contribution >= 4 is 11.6 Å². The predicted molar refractivity (Wildman–Crippen MR) is 60.9 cm³/mol. The monoisotopic (exact) mass is 207 g/mol. The molecule has 0 aromatic heterocycles. The SMILES string of the molecule is Cc1cc(O)cc(NC(=O)CC(C)C)c1. The first-order chi connectivity index (χ1) is 6.97. The summed E-state index contributed by atoms with van der Waals surface area (Å²) in [7, 11) is 0. The lowest BCUT2D eigenvalue weighted by molar-refractivity contribution is -0.116. The molecule has 2 N–H and O–H groups in total. The quantitative estimate of drug-likeness (QED) is 0.800. The van der Waals surface area contributed by atoms with Crippen LogP contribution in [0.4, 0.5) is 5.69 Å². The second-order valence-electron chi connectivity index (χ2n) is 4.20. The van der Waals surface area contributed by atoms with Crippen LogP contribution in [0.2, 0.25) is 0 Å². The minimum Gasteiger partial charge on any atom is -0.508 e. The lowest BCUT2D eigenvalue weighted by Gasteiger charge is -2.08. The summed E-state index contributed by atoms with van der Waals surface area (Å²) in [6.07, 6.45) is 0.495. The standard InChI is InChI=1S/C12H17NO2/c1-8(2)4-12(15)13-10-5-9(3)6-11(14)7-10/h5-8,14H,4H2,1-3H3,(H,13,15). The molecule has 0 aliphatic rings. The van der Waals surface area contributed by atoms with Crippen molar-refractivity contribution in [1.29, 1.82) is 0 Å². The molecule has 0 aliphatic heterocycles. The van der Waals surface area contributed by atoms with E-state index in [1.165, 1.54) is 0 Å². The van der Waals surface area contributed by atoms with Crippen LogP contribution in [0.1, 0.15) is 25.8 Å². The molecule has 0 heterocycles.